The van der Waals surface area contributed by atoms with Crippen LogP contribution in [0.15, 0.2) is 115 Å². The Morgan fingerprint density at radius 3 is 1.52 bits per heavy atom. The van der Waals surface area contributed by atoms with Crippen molar-refractivity contribution in [3.8, 4) is 34.5 Å². The molecule has 0 spiro atoms. The van der Waals surface area contributed by atoms with Crippen LogP contribution in [0, 0.1) is 29.6 Å². The smallest absolute Gasteiger partial charge is 0.238 e. The Balaban J connectivity index is 1.01. The van der Waals surface area contributed by atoms with Crippen molar-refractivity contribution in [1.82, 2.24) is 0 Å². The van der Waals surface area contributed by atoms with Gasteiger partial charge < -0.3 is 28.8 Å². The predicted octanol–water partition coefficient (Wildman–Crippen LogP) is 8.82. The maximum Gasteiger partial charge on any atom is 0.238 e. The van der Waals surface area contributed by atoms with E-state index in [9.17, 15) is 24.3 Å². The second-order valence-corrected chi connectivity index (χ2v) is 16.5. The molecule has 12 heteroatoms. The molecule has 2 aliphatic carbocycles. The third-order valence-corrected chi connectivity index (χ3v) is 13.3. The number of fused-ring (bicyclic) bond motifs is 4. The molecule has 0 radical (unpaired) electrons. The maximum atomic E-state index is 14.8. The van der Waals surface area contributed by atoms with E-state index in [2.05, 4.69) is 0 Å². The van der Waals surface area contributed by atoms with Gasteiger partial charge in [0.25, 0.3) is 0 Å². The first-order chi connectivity index (χ1) is 31.6. The largest absolute Gasteiger partial charge is 0.504 e. The Labute approximate surface area is 376 Å². The molecule has 2 heterocycles. The van der Waals surface area contributed by atoms with Crippen LogP contribution < -0.4 is 33.5 Å². The fourth-order valence-corrected chi connectivity index (χ4v) is 10.1. The number of rotatable bonds is 12. The van der Waals surface area contributed by atoms with Gasteiger partial charge in [-0.2, -0.15) is 0 Å². The zero-order valence-electron chi connectivity index (χ0n) is 36.6. The number of phenols is 1. The summed E-state index contributed by atoms with van der Waals surface area (Å²) in [6.07, 6.45) is 10.2. The molecule has 6 atom stereocenters. The van der Waals surface area contributed by atoms with Gasteiger partial charge in [-0.15, -0.1) is 0 Å². The van der Waals surface area contributed by atoms with Gasteiger partial charge in [-0.05, 0) is 108 Å². The lowest BCUT2D eigenvalue weighted by atomic mass is 9.57. The fourth-order valence-electron chi connectivity index (χ4n) is 10.1. The lowest BCUT2D eigenvalue weighted by molar-refractivity contribution is -0.126. The van der Waals surface area contributed by atoms with E-state index in [-0.39, 0.29) is 41.5 Å². The van der Waals surface area contributed by atoms with Gasteiger partial charge >= 0.3 is 0 Å². The molecule has 0 aromatic heterocycles. The van der Waals surface area contributed by atoms with E-state index in [1.165, 1.54) is 23.0 Å². The molecule has 9 rings (SSSR count). The maximum absolute atomic E-state index is 14.8. The molecule has 2 aliphatic heterocycles. The van der Waals surface area contributed by atoms with Crippen LogP contribution in [0.1, 0.15) is 46.6 Å². The van der Waals surface area contributed by atoms with Crippen molar-refractivity contribution in [3.05, 3.63) is 143 Å². The molecule has 5 aromatic rings. The highest BCUT2D eigenvalue weighted by molar-refractivity contribution is 6.24. The van der Waals surface area contributed by atoms with Crippen molar-refractivity contribution >= 4 is 59.3 Å². The fraction of sp³-hybridized carbons (Fsp3) is 0.245. The first-order valence-electron chi connectivity index (χ1n) is 21.4. The van der Waals surface area contributed by atoms with Gasteiger partial charge in [-0.3, -0.25) is 29.0 Å². The Kier molecular flexibility index (Phi) is 11.5. The van der Waals surface area contributed by atoms with Gasteiger partial charge in [0.15, 0.2) is 11.5 Å². The van der Waals surface area contributed by atoms with Crippen molar-refractivity contribution < 1.29 is 48.0 Å². The minimum Gasteiger partial charge on any atom is -0.504 e. The number of carbonyl (C=O) groups is 4. The number of hydrogen-bond acceptors (Lipinski definition) is 10. The van der Waals surface area contributed by atoms with Gasteiger partial charge in [0.2, 0.25) is 23.6 Å². The van der Waals surface area contributed by atoms with E-state index in [0.29, 0.717) is 46.4 Å². The highest BCUT2D eigenvalue weighted by Crippen LogP contribution is 2.59. The Morgan fingerprint density at radius 1 is 0.508 bits per heavy atom. The molecule has 6 unspecified atom stereocenters. The summed E-state index contributed by atoms with van der Waals surface area (Å²) in [7, 11) is 7.86. The zero-order chi connectivity index (χ0) is 45.5. The summed E-state index contributed by atoms with van der Waals surface area (Å²) in [5.41, 5.74) is 5.72. The van der Waals surface area contributed by atoms with Gasteiger partial charge in [0.1, 0.15) is 23.0 Å². The number of hydrogen-bond donors (Lipinski definition) is 1. The van der Waals surface area contributed by atoms with Crippen molar-refractivity contribution in [3.63, 3.8) is 0 Å². The number of phenolic OH excluding ortho intramolecular Hbond substituents is 1. The van der Waals surface area contributed by atoms with Gasteiger partial charge in [0, 0.05) is 17.0 Å². The standard InChI is InChI=1S/C53H48N2O10/c1-61-37-19-24-44(63-3)32(26-37)12-6-30-8-15-35(16-9-30)54-50(57)40-22-21-39-41(48(40)52(54)59)29-42-49(47(39)34-14-23-43(56)46(28-34)65-5)53(60)55(51(42)58)36-17-10-31(11-18-36)7-13-33-27-38(62-2)20-25-45(33)64-4/h6-21,23-28,40-42,47-49,56H,22,29H2,1-5H3. The van der Waals surface area contributed by atoms with Crippen molar-refractivity contribution in [2.24, 2.45) is 29.6 Å². The molecule has 4 amide bonds. The van der Waals surface area contributed by atoms with Crippen LogP contribution in [0.3, 0.4) is 0 Å². The van der Waals surface area contributed by atoms with Crippen LogP contribution in [0.5, 0.6) is 34.5 Å². The number of benzene rings is 5. The Bertz CT molecular complexity index is 2790. The number of imide groups is 2. The van der Waals surface area contributed by atoms with Crippen LogP contribution >= 0.6 is 0 Å². The summed E-state index contributed by atoms with van der Waals surface area (Å²) in [6, 6.07) is 30.4. The van der Waals surface area contributed by atoms with Crippen molar-refractivity contribution in [2.45, 2.75) is 18.8 Å². The van der Waals surface area contributed by atoms with Crippen molar-refractivity contribution in [2.75, 3.05) is 45.3 Å². The first kappa shape index (κ1) is 42.7. The normalized spacial score (nSPS) is 22.5. The van der Waals surface area contributed by atoms with Crippen LogP contribution in [-0.4, -0.2) is 64.3 Å². The third kappa shape index (κ3) is 7.58. The van der Waals surface area contributed by atoms with Gasteiger partial charge in [-0.25, -0.2) is 0 Å². The molecular weight excluding hydrogens is 825 g/mol. The molecular formula is C53H48N2O10. The van der Waals surface area contributed by atoms with Crippen LogP contribution in [-0.2, 0) is 19.2 Å². The van der Waals surface area contributed by atoms with E-state index >= 15 is 0 Å². The predicted molar refractivity (Wildman–Crippen MR) is 247 cm³/mol. The second kappa shape index (κ2) is 17.5. The summed E-state index contributed by atoms with van der Waals surface area (Å²) in [6.45, 7) is 0. The van der Waals surface area contributed by atoms with Crippen LogP contribution in [0.25, 0.3) is 24.3 Å². The lowest BCUT2D eigenvalue weighted by Gasteiger charge is -2.44. The summed E-state index contributed by atoms with van der Waals surface area (Å²) < 4.78 is 27.3. The number of carbonyl (C=O) groups excluding carboxylic acids is 4. The molecule has 3 fully saturated rings. The molecule has 1 saturated carbocycles. The molecule has 65 heavy (non-hydrogen) atoms. The highest BCUT2D eigenvalue weighted by Gasteiger charge is 2.62. The molecule has 2 saturated heterocycles. The van der Waals surface area contributed by atoms with E-state index in [1.807, 2.05) is 91.0 Å². The molecule has 330 valence electrons. The molecule has 1 N–H and O–H groups in total. The van der Waals surface area contributed by atoms with E-state index in [0.717, 1.165) is 27.8 Å². The third-order valence-electron chi connectivity index (χ3n) is 13.3. The minimum atomic E-state index is -0.795. The Hall–Kier alpha value is -7.60. The summed E-state index contributed by atoms with van der Waals surface area (Å²) >= 11 is 0. The summed E-state index contributed by atoms with van der Waals surface area (Å²) in [5.74, 6) is -2.50. The van der Waals surface area contributed by atoms with Crippen molar-refractivity contribution in [1.29, 1.82) is 0 Å². The molecule has 4 aliphatic rings. The summed E-state index contributed by atoms with van der Waals surface area (Å²) in [5, 5.41) is 10.6. The highest BCUT2D eigenvalue weighted by atomic mass is 16.5. The lowest BCUT2D eigenvalue weighted by Crippen LogP contribution is -2.43. The second-order valence-electron chi connectivity index (χ2n) is 16.5. The number of ether oxygens (including phenoxy) is 5. The molecule has 12 nitrogen and oxygen atoms in total. The number of nitrogens with zero attached hydrogens (tertiary/aromatic N) is 2. The summed E-state index contributed by atoms with van der Waals surface area (Å²) in [4.78, 5) is 60.9. The van der Waals surface area contributed by atoms with E-state index in [1.54, 1.807) is 64.8 Å². The van der Waals surface area contributed by atoms with Gasteiger partial charge in [0.05, 0.1) is 70.6 Å². The number of allylic oxidation sites excluding steroid dienone is 2. The van der Waals surface area contributed by atoms with E-state index in [4.69, 9.17) is 23.7 Å². The van der Waals surface area contributed by atoms with Crippen LogP contribution in [0.2, 0.25) is 0 Å². The van der Waals surface area contributed by atoms with Crippen LogP contribution in [0.4, 0.5) is 11.4 Å². The zero-order valence-corrected chi connectivity index (χ0v) is 36.6. The molecule has 5 aromatic carbocycles. The Morgan fingerprint density at radius 2 is 1.02 bits per heavy atom. The number of anilines is 2. The number of amides is 4. The topological polar surface area (TPSA) is 141 Å². The average molecular weight is 873 g/mol. The minimum absolute atomic E-state index is 0.0685. The number of aromatic hydroxyl groups is 1. The average Bonchev–Trinajstić information content (AvgIpc) is 3.75. The van der Waals surface area contributed by atoms with E-state index < -0.39 is 35.5 Å². The SMILES string of the molecule is COc1ccc(OC)c(C=Cc2ccc(N3C(=O)C4CC=C5C(CC6C(=O)N(c7ccc(C=Cc8cc(OC)ccc8OC)cc7)C(=O)C6C5c5ccc(O)c(OC)c5)C4C3=O)cc2)c1. The number of methoxy groups -OCH3 is 5. The molecule has 0 bridgehead atoms. The monoisotopic (exact) mass is 872 g/mol. The first-order valence-corrected chi connectivity index (χ1v) is 21.4. The van der Waals surface area contributed by atoms with Gasteiger partial charge in [-0.1, -0.05) is 66.3 Å². The quantitative estimate of drug-likeness (QED) is 0.0735.